The molecule has 1 amide bonds. The number of thioether (sulfide) groups is 1. The second-order valence-corrected chi connectivity index (χ2v) is 7.38. The van der Waals surface area contributed by atoms with Gasteiger partial charge in [-0.2, -0.15) is 9.61 Å². The van der Waals surface area contributed by atoms with E-state index < -0.39 is 6.36 Å². The Morgan fingerprint density at radius 2 is 1.72 bits per heavy atom. The van der Waals surface area contributed by atoms with Gasteiger partial charge in [-0.25, -0.2) is 4.39 Å². The van der Waals surface area contributed by atoms with Crippen molar-refractivity contribution in [3.05, 3.63) is 66.5 Å². The first kappa shape index (κ1) is 21.6. The number of carbonyl (C=O) groups is 1. The van der Waals surface area contributed by atoms with Crippen LogP contribution in [0.15, 0.2) is 65.7 Å². The van der Waals surface area contributed by atoms with Crippen LogP contribution < -0.4 is 10.1 Å². The van der Waals surface area contributed by atoms with Crippen molar-refractivity contribution in [1.29, 1.82) is 0 Å². The Bertz CT molecular complexity index is 1240. The number of aromatic nitrogens is 4. The molecule has 4 aromatic rings. The molecule has 1 N–H and O–H groups in total. The molecular formula is C20H13F4N5O2S. The fourth-order valence-electron chi connectivity index (χ4n) is 2.70. The van der Waals surface area contributed by atoms with Crippen LogP contribution in [0.25, 0.3) is 17.0 Å². The van der Waals surface area contributed by atoms with Gasteiger partial charge < -0.3 is 10.1 Å². The highest BCUT2D eigenvalue weighted by Crippen LogP contribution is 2.25. The van der Waals surface area contributed by atoms with E-state index in [4.69, 9.17) is 0 Å². The minimum Gasteiger partial charge on any atom is -0.406 e. The number of nitrogens with one attached hydrogen (secondary N) is 1. The molecule has 12 heteroatoms. The van der Waals surface area contributed by atoms with Gasteiger partial charge in [-0.1, -0.05) is 11.8 Å². The average Bonchev–Trinajstić information content (AvgIpc) is 3.16. The van der Waals surface area contributed by atoms with Crippen LogP contribution in [0.2, 0.25) is 0 Å². The van der Waals surface area contributed by atoms with Crippen LogP contribution in [-0.4, -0.2) is 37.8 Å². The summed E-state index contributed by atoms with van der Waals surface area (Å²) < 4.78 is 55.1. The molecule has 0 aliphatic rings. The number of fused-ring (bicyclic) bond motifs is 1. The van der Waals surface area contributed by atoms with Crippen molar-refractivity contribution in [3.63, 3.8) is 0 Å². The number of benzene rings is 2. The number of anilines is 1. The second-order valence-electron chi connectivity index (χ2n) is 6.38. The highest BCUT2D eigenvalue weighted by atomic mass is 32.2. The largest absolute Gasteiger partial charge is 0.573 e. The van der Waals surface area contributed by atoms with Gasteiger partial charge in [-0.15, -0.1) is 23.4 Å². The molecule has 0 aliphatic heterocycles. The normalized spacial score (nSPS) is 11.5. The molecule has 0 aliphatic carbocycles. The first-order valence-corrected chi connectivity index (χ1v) is 10.0. The number of hydrogen-bond donors (Lipinski definition) is 1. The summed E-state index contributed by atoms with van der Waals surface area (Å²) in [4.78, 5) is 12.2. The lowest BCUT2D eigenvalue weighted by Crippen LogP contribution is -2.17. The van der Waals surface area contributed by atoms with E-state index in [-0.39, 0.29) is 23.2 Å². The number of halogens is 4. The van der Waals surface area contributed by atoms with Crippen molar-refractivity contribution in [2.24, 2.45) is 0 Å². The van der Waals surface area contributed by atoms with Gasteiger partial charge in [0.25, 0.3) is 0 Å². The lowest BCUT2D eigenvalue weighted by Gasteiger charge is -2.10. The van der Waals surface area contributed by atoms with Crippen LogP contribution in [-0.2, 0) is 4.79 Å². The molecule has 0 spiro atoms. The van der Waals surface area contributed by atoms with Crippen molar-refractivity contribution in [3.8, 4) is 17.1 Å². The summed E-state index contributed by atoms with van der Waals surface area (Å²) in [6, 6.07) is 13.9. The van der Waals surface area contributed by atoms with Crippen LogP contribution in [0.4, 0.5) is 23.2 Å². The maximum Gasteiger partial charge on any atom is 0.573 e. The fraction of sp³-hybridized carbons (Fsp3) is 0.100. The van der Waals surface area contributed by atoms with Crippen molar-refractivity contribution in [2.45, 2.75) is 11.4 Å². The quantitative estimate of drug-likeness (QED) is 0.334. The summed E-state index contributed by atoms with van der Waals surface area (Å²) in [5.74, 6) is -0.696. The number of amides is 1. The third-order valence-corrected chi connectivity index (χ3v) is 4.98. The van der Waals surface area contributed by atoms with Gasteiger partial charge in [-0.05, 0) is 60.7 Å². The van der Waals surface area contributed by atoms with Crippen molar-refractivity contribution >= 4 is 29.0 Å². The monoisotopic (exact) mass is 463 g/mol. The minimum absolute atomic E-state index is 0.00726. The average molecular weight is 463 g/mol. The number of alkyl halides is 3. The molecule has 0 bridgehead atoms. The molecule has 0 saturated carbocycles. The molecule has 2 aromatic carbocycles. The smallest absolute Gasteiger partial charge is 0.406 e. The Morgan fingerprint density at radius 3 is 2.41 bits per heavy atom. The molecule has 0 unspecified atom stereocenters. The van der Waals surface area contributed by atoms with Crippen LogP contribution in [0.1, 0.15) is 0 Å². The molecule has 7 nitrogen and oxygen atoms in total. The molecule has 2 aromatic heterocycles. The predicted octanol–water partition coefficient (Wildman–Crippen LogP) is 4.56. The molecule has 4 rings (SSSR count). The number of carbonyl (C=O) groups excluding carboxylic acids is 1. The standard InChI is InChI=1S/C20H13F4N5O2S/c21-13-3-1-12(2-4-13)19-27-26-16-9-10-18(28-29(16)19)32-11-17(30)25-14-5-7-15(8-6-14)31-20(22,23)24/h1-10H,11H2,(H,25,30). The summed E-state index contributed by atoms with van der Waals surface area (Å²) >= 11 is 1.15. The lowest BCUT2D eigenvalue weighted by atomic mass is 10.2. The summed E-state index contributed by atoms with van der Waals surface area (Å²) in [5, 5.41) is 15.6. The Labute approximate surface area is 182 Å². The zero-order chi connectivity index (χ0) is 22.7. The number of ether oxygens (including phenoxy) is 1. The van der Waals surface area contributed by atoms with Crippen LogP contribution in [0, 0.1) is 5.82 Å². The molecule has 2 heterocycles. The van der Waals surface area contributed by atoms with E-state index in [1.54, 1.807) is 24.3 Å². The van der Waals surface area contributed by atoms with Crippen molar-refractivity contribution in [1.82, 2.24) is 19.8 Å². The molecule has 0 atom stereocenters. The van der Waals surface area contributed by atoms with Gasteiger partial charge in [-0.3, -0.25) is 4.79 Å². The van der Waals surface area contributed by atoms with E-state index in [0.717, 1.165) is 23.9 Å². The fourth-order valence-corrected chi connectivity index (χ4v) is 3.36. The summed E-state index contributed by atoms with van der Waals surface area (Å²) in [6.45, 7) is 0. The van der Waals surface area contributed by atoms with Crippen LogP contribution >= 0.6 is 11.8 Å². The zero-order valence-corrected chi connectivity index (χ0v) is 16.8. The lowest BCUT2D eigenvalue weighted by molar-refractivity contribution is -0.274. The molecule has 164 valence electrons. The van der Waals surface area contributed by atoms with E-state index in [0.29, 0.717) is 27.7 Å². The highest BCUT2D eigenvalue weighted by molar-refractivity contribution is 7.99. The Balaban J connectivity index is 1.40. The Morgan fingerprint density at radius 1 is 1.00 bits per heavy atom. The first-order chi connectivity index (χ1) is 15.3. The van der Waals surface area contributed by atoms with Crippen LogP contribution in [0.3, 0.4) is 0 Å². The van der Waals surface area contributed by atoms with Gasteiger partial charge in [0.2, 0.25) is 5.91 Å². The molecule has 32 heavy (non-hydrogen) atoms. The Kier molecular flexibility index (Phi) is 5.95. The van der Waals surface area contributed by atoms with Gasteiger partial charge in [0, 0.05) is 11.3 Å². The highest BCUT2D eigenvalue weighted by Gasteiger charge is 2.30. The van der Waals surface area contributed by atoms with E-state index >= 15 is 0 Å². The van der Waals surface area contributed by atoms with Gasteiger partial charge >= 0.3 is 6.36 Å². The maximum atomic E-state index is 13.2. The summed E-state index contributed by atoms with van der Waals surface area (Å²) in [6.07, 6.45) is -4.78. The number of nitrogens with zero attached hydrogens (tertiary/aromatic N) is 4. The second kappa shape index (κ2) is 8.83. The minimum atomic E-state index is -4.78. The van der Waals surface area contributed by atoms with Gasteiger partial charge in [0.05, 0.1) is 5.75 Å². The van der Waals surface area contributed by atoms with E-state index in [1.807, 2.05) is 0 Å². The number of hydrogen-bond acceptors (Lipinski definition) is 6. The van der Waals surface area contributed by atoms with E-state index in [9.17, 15) is 22.4 Å². The molecular weight excluding hydrogens is 450 g/mol. The van der Waals surface area contributed by atoms with E-state index in [2.05, 4.69) is 25.3 Å². The molecule has 0 radical (unpaired) electrons. The summed E-state index contributed by atoms with van der Waals surface area (Å²) in [5.41, 5.74) is 1.44. The topological polar surface area (TPSA) is 81.4 Å². The number of rotatable bonds is 6. The third-order valence-electron chi connectivity index (χ3n) is 4.06. The van der Waals surface area contributed by atoms with E-state index in [1.165, 1.54) is 28.8 Å². The SMILES string of the molecule is O=C(CSc1ccc2nnc(-c3ccc(F)cc3)n2n1)Nc1ccc(OC(F)(F)F)cc1. The zero-order valence-electron chi connectivity index (χ0n) is 16.0. The predicted molar refractivity (Wildman–Crippen MR) is 109 cm³/mol. The van der Waals surface area contributed by atoms with Crippen LogP contribution in [0.5, 0.6) is 5.75 Å². The Hall–Kier alpha value is -3.67. The molecule has 0 saturated heterocycles. The van der Waals surface area contributed by atoms with Gasteiger partial charge in [0.1, 0.15) is 16.6 Å². The van der Waals surface area contributed by atoms with Gasteiger partial charge in [0.15, 0.2) is 11.5 Å². The molecule has 0 fully saturated rings. The third kappa shape index (κ3) is 5.32. The summed E-state index contributed by atoms with van der Waals surface area (Å²) in [7, 11) is 0. The van der Waals surface area contributed by atoms with Crippen molar-refractivity contribution < 1.29 is 27.1 Å². The van der Waals surface area contributed by atoms with Crippen molar-refractivity contribution in [2.75, 3.05) is 11.1 Å². The maximum absolute atomic E-state index is 13.2. The first-order valence-electron chi connectivity index (χ1n) is 9.04.